The Kier molecular flexibility index (Phi) is 1.89. The van der Waals surface area contributed by atoms with E-state index in [1.54, 1.807) is 6.92 Å². The fraction of sp³-hybridized carbons (Fsp3) is 0.444. The molecule has 6 heteroatoms. The summed E-state index contributed by atoms with van der Waals surface area (Å²) in [5, 5.41) is 4.64. The Morgan fingerprint density at radius 3 is 2.60 bits per heavy atom. The fourth-order valence-electron chi connectivity index (χ4n) is 1.69. The molecule has 0 bridgehead atoms. The van der Waals surface area contributed by atoms with Crippen LogP contribution in [0, 0.1) is 11.8 Å². The molecule has 2 aliphatic heterocycles. The standard InChI is InChI=1S/C9H9N3O3/c1-2-3-6(13)12-4-9(5-12)7(14)10-8(15)11-9/h4-5H2,1H3,(H2,10,11,14,15). The first-order chi connectivity index (χ1) is 7.07. The van der Waals surface area contributed by atoms with Crippen molar-refractivity contribution in [3.8, 4) is 11.8 Å². The Morgan fingerprint density at radius 1 is 1.47 bits per heavy atom. The van der Waals surface area contributed by atoms with E-state index in [4.69, 9.17) is 0 Å². The molecule has 4 amide bonds. The number of carbonyl (C=O) groups excluding carboxylic acids is 3. The minimum Gasteiger partial charge on any atom is -0.326 e. The summed E-state index contributed by atoms with van der Waals surface area (Å²) in [5.74, 6) is 4.16. The van der Waals surface area contributed by atoms with Crippen molar-refractivity contribution < 1.29 is 14.4 Å². The summed E-state index contributed by atoms with van der Waals surface area (Å²) in [6.45, 7) is 1.95. The Morgan fingerprint density at radius 2 is 2.13 bits per heavy atom. The zero-order valence-electron chi connectivity index (χ0n) is 8.09. The Labute approximate surface area is 86.0 Å². The average Bonchev–Trinajstić information content (AvgIpc) is 2.38. The summed E-state index contributed by atoms with van der Waals surface area (Å²) >= 11 is 0. The van der Waals surface area contributed by atoms with Crippen LogP contribution in [-0.2, 0) is 9.59 Å². The second-order valence-corrected chi connectivity index (χ2v) is 3.53. The smallest absolute Gasteiger partial charge is 0.322 e. The first-order valence-corrected chi connectivity index (χ1v) is 4.43. The Balaban J connectivity index is 2.02. The molecule has 2 heterocycles. The van der Waals surface area contributed by atoms with Gasteiger partial charge in [-0.2, -0.15) is 0 Å². The van der Waals surface area contributed by atoms with Crippen LogP contribution in [0.1, 0.15) is 6.92 Å². The van der Waals surface area contributed by atoms with Gasteiger partial charge in [-0.15, -0.1) is 0 Å². The van der Waals surface area contributed by atoms with Crippen molar-refractivity contribution in [2.24, 2.45) is 0 Å². The molecule has 0 saturated carbocycles. The number of rotatable bonds is 0. The molecule has 0 aromatic heterocycles. The van der Waals surface area contributed by atoms with Crippen LogP contribution in [0.3, 0.4) is 0 Å². The number of hydrogen-bond acceptors (Lipinski definition) is 3. The summed E-state index contributed by atoms with van der Waals surface area (Å²) in [4.78, 5) is 34.9. The van der Waals surface area contributed by atoms with Gasteiger partial charge in [0.2, 0.25) is 0 Å². The predicted octanol–water partition coefficient (Wildman–Crippen LogP) is -1.57. The fourth-order valence-corrected chi connectivity index (χ4v) is 1.69. The van der Waals surface area contributed by atoms with E-state index in [0.29, 0.717) is 0 Å². The first-order valence-electron chi connectivity index (χ1n) is 4.43. The average molecular weight is 207 g/mol. The highest BCUT2D eigenvalue weighted by Gasteiger charge is 2.56. The minimum atomic E-state index is -0.915. The molecule has 15 heavy (non-hydrogen) atoms. The van der Waals surface area contributed by atoms with Crippen molar-refractivity contribution in [1.29, 1.82) is 0 Å². The van der Waals surface area contributed by atoms with Gasteiger partial charge in [0.15, 0.2) is 5.54 Å². The number of amides is 4. The van der Waals surface area contributed by atoms with Gasteiger partial charge in [-0.25, -0.2) is 4.79 Å². The SMILES string of the molecule is CC#CC(=O)N1CC2(C1)NC(=O)NC2=O. The highest BCUT2D eigenvalue weighted by Crippen LogP contribution is 2.23. The second-order valence-electron chi connectivity index (χ2n) is 3.53. The lowest BCUT2D eigenvalue weighted by atomic mass is 9.90. The van der Waals surface area contributed by atoms with Gasteiger partial charge in [-0.1, -0.05) is 5.92 Å². The topological polar surface area (TPSA) is 78.5 Å². The molecule has 0 aliphatic carbocycles. The zero-order chi connectivity index (χ0) is 11.1. The highest BCUT2D eigenvalue weighted by molar-refractivity contribution is 6.09. The van der Waals surface area contributed by atoms with Crippen LogP contribution in [-0.4, -0.2) is 41.4 Å². The second kappa shape index (κ2) is 2.98. The third kappa shape index (κ3) is 1.32. The molecule has 2 fully saturated rings. The molecule has 2 rings (SSSR count). The number of hydrogen-bond donors (Lipinski definition) is 2. The van der Waals surface area contributed by atoms with Crippen LogP contribution < -0.4 is 10.6 Å². The summed E-state index contributed by atoms with van der Waals surface area (Å²) in [6.07, 6.45) is 0. The van der Waals surface area contributed by atoms with Gasteiger partial charge in [0.05, 0.1) is 13.1 Å². The van der Waals surface area contributed by atoms with E-state index in [1.165, 1.54) is 4.90 Å². The van der Waals surface area contributed by atoms with E-state index < -0.39 is 11.6 Å². The van der Waals surface area contributed by atoms with E-state index in [9.17, 15) is 14.4 Å². The maximum atomic E-state index is 11.3. The summed E-state index contributed by atoms with van der Waals surface area (Å²) in [6, 6.07) is -0.506. The van der Waals surface area contributed by atoms with Gasteiger partial charge < -0.3 is 10.2 Å². The maximum absolute atomic E-state index is 11.3. The lowest BCUT2D eigenvalue weighted by molar-refractivity contribution is -0.140. The van der Waals surface area contributed by atoms with Crippen molar-refractivity contribution >= 4 is 17.8 Å². The molecule has 0 aromatic rings. The molecule has 0 atom stereocenters. The van der Waals surface area contributed by atoms with Crippen LogP contribution in [0.4, 0.5) is 4.79 Å². The van der Waals surface area contributed by atoms with Crippen molar-refractivity contribution in [2.45, 2.75) is 12.5 Å². The molecule has 78 valence electrons. The van der Waals surface area contributed by atoms with Gasteiger partial charge >= 0.3 is 6.03 Å². The van der Waals surface area contributed by atoms with Crippen LogP contribution in [0.5, 0.6) is 0 Å². The number of nitrogens with zero attached hydrogens (tertiary/aromatic N) is 1. The molecule has 2 aliphatic rings. The van der Waals surface area contributed by atoms with Crippen molar-refractivity contribution in [3.05, 3.63) is 0 Å². The van der Waals surface area contributed by atoms with Crippen LogP contribution in [0.2, 0.25) is 0 Å². The molecular formula is C9H9N3O3. The van der Waals surface area contributed by atoms with Gasteiger partial charge in [0.25, 0.3) is 11.8 Å². The third-order valence-corrected chi connectivity index (χ3v) is 2.46. The van der Waals surface area contributed by atoms with Crippen molar-refractivity contribution in [3.63, 3.8) is 0 Å². The predicted molar refractivity (Wildman–Crippen MR) is 49.4 cm³/mol. The largest absolute Gasteiger partial charge is 0.326 e. The number of carbonyl (C=O) groups is 3. The lowest BCUT2D eigenvalue weighted by Gasteiger charge is -2.44. The van der Waals surface area contributed by atoms with Crippen LogP contribution in [0.25, 0.3) is 0 Å². The minimum absolute atomic E-state index is 0.193. The molecule has 0 unspecified atom stereocenters. The maximum Gasteiger partial charge on any atom is 0.322 e. The summed E-state index contributed by atoms with van der Waals surface area (Å²) in [5.41, 5.74) is -0.915. The summed E-state index contributed by atoms with van der Waals surface area (Å²) < 4.78 is 0. The van der Waals surface area contributed by atoms with E-state index >= 15 is 0 Å². The zero-order valence-corrected chi connectivity index (χ0v) is 8.09. The normalized spacial score (nSPS) is 21.3. The van der Waals surface area contributed by atoms with Gasteiger partial charge in [0, 0.05) is 0 Å². The lowest BCUT2D eigenvalue weighted by Crippen LogP contribution is -2.71. The number of likely N-dealkylation sites (tertiary alicyclic amines) is 1. The monoisotopic (exact) mass is 207 g/mol. The molecule has 6 nitrogen and oxygen atoms in total. The molecule has 2 N–H and O–H groups in total. The van der Waals surface area contributed by atoms with E-state index in [2.05, 4.69) is 22.5 Å². The third-order valence-electron chi connectivity index (χ3n) is 2.46. The van der Waals surface area contributed by atoms with Gasteiger partial charge in [-0.3, -0.25) is 14.9 Å². The van der Waals surface area contributed by atoms with Crippen molar-refractivity contribution in [2.75, 3.05) is 13.1 Å². The van der Waals surface area contributed by atoms with Crippen LogP contribution >= 0.6 is 0 Å². The van der Waals surface area contributed by atoms with Crippen LogP contribution in [0.15, 0.2) is 0 Å². The van der Waals surface area contributed by atoms with E-state index in [1.807, 2.05) is 0 Å². The molecule has 2 saturated heterocycles. The Bertz CT molecular complexity index is 412. The highest BCUT2D eigenvalue weighted by atomic mass is 16.2. The van der Waals surface area contributed by atoms with E-state index in [-0.39, 0.29) is 24.9 Å². The quantitative estimate of drug-likeness (QED) is 0.372. The molecular weight excluding hydrogens is 198 g/mol. The van der Waals surface area contributed by atoms with Crippen molar-refractivity contribution in [1.82, 2.24) is 15.5 Å². The summed E-state index contributed by atoms with van der Waals surface area (Å²) in [7, 11) is 0. The van der Waals surface area contributed by atoms with Gasteiger partial charge in [0.1, 0.15) is 0 Å². The Hall–Kier alpha value is -2.03. The molecule has 0 radical (unpaired) electrons. The number of nitrogens with one attached hydrogen (secondary N) is 2. The number of imide groups is 1. The van der Waals surface area contributed by atoms with E-state index in [0.717, 1.165) is 0 Å². The number of urea groups is 1. The molecule has 0 aromatic carbocycles. The molecule has 1 spiro atoms. The van der Waals surface area contributed by atoms with Gasteiger partial charge in [-0.05, 0) is 12.8 Å². The first kappa shape index (κ1) is 9.52.